The molecule has 44 heteroatoms. The molecule has 20 N–H and O–H groups in total. The average molecular weight is 2010 g/mol. The van der Waals surface area contributed by atoms with Crippen molar-refractivity contribution in [3.63, 3.8) is 0 Å². The maximum Gasteiger partial charge on any atom is 0.293 e. The lowest BCUT2D eigenvalue weighted by Crippen LogP contribution is -2.32. The van der Waals surface area contributed by atoms with Gasteiger partial charge in [-0.15, -0.1) is 65.9 Å². The van der Waals surface area contributed by atoms with Crippen LogP contribution in [-0.4, -0.2) is 344 Å². The molecule has 5 aliphatic heterocycles. The third-order valence-electron chi connectivity index (χ3n) is 21.8. The Bertz CT molecular complexity index is 5110. The van der Waals surface area contributed by atoms with Crippen molar-refractivity contribution in [3.8, 4) is 0 Å². The van der Waals surface area contributed by atoms with E-state index in [4.69, 9.17) is 64.0 Å². The highest BCUT2D eigenvalue weighted by molar-refractivity contribution is 14.1. The summed E-state index contributed by atoms with van der Waals surface area (Å²) in [7, 11) is 0. The minimum absolute atomic E-state index is 0.109. The zero-order valence-electron chi connectivity index (χ0n) is 70.9. The first-order chi connectivity index (χ1) is 57.5. The molecule has 5 fully saturated rings. The van der Waals surface area contributed by atoms with E-state index in [1.807, 2.05) is 4.57 Å². The number of halogens is 4. The summed E-state index contributed by atoms with van der Waals surface area (Å²) >= 11 is 11.6. The summed E-state index contributed by atoms with van der Waals surface area (Å²) in [6.45, 7) is 17.1. The number of hydrogen-bond donors (Lipinski definition) is 15. The highest BCUT2D eigenvalue weighted by atomic mass is 127. The number of nitrogens with zero attached hydrogens (tertiary/aromatic N) is 15. The normalized spacial score (nSPS) is 27.5. The van der Waals surface area contributed by atoms with Crippen LogP contribution in [0, 0.1) is 9.91 Å². The second-order valence-corrected chi connectivity index (χ2v) is 58.9. The predicted octanol–water partition coefficient (Wildman–Crippen LogP) is 7.16. The molecule has 0 aromatic carbocycles. The maximum absolute atomic E-state index is 14.3. The monoisotopic (exact) mass is 2000 g/mol. The number of anilines is 5. The zero-order chi connectivity index (χ0) is 90.4. The Morgan fingerprint density at radius 3 is 0.992 bits per heavy atom. The van der Waals surface area contributed by atoms with Crippen LogP contribution >= 0.6 is 84.6 Å². The van der Waals surface area contributed by atoms with Crippen LogP contribution in [0.1, 0.15) is 88.8 Å². The lowest BCUT2D eigenvalue weighted by atomic mass is 10.1. The first-order valence-corrected chi connectivity index (χ1v) is 57.7. The molecule has 0 spiro atoms. The fourth-order valence-corrected chi connectivity index (χ4v) is 21.3. The van der Waals surface area contributed by atoms with Gasteiger partial charge < -0.3 is 103 Å². The van der Waals surface area contributed by atoms with Gasteiger partial charge in [-0.2, -0.15) is 9.37 Å². The van der Waals surface area contributed by atoms with Gasteiger partial charge in [0.2, 0.25) is 5.28 Å². The van der Waals surface area contributed by atoms with Gasteiger partial charge in [0.1, 0.15) is 94.4 Å². The standard InChI is InChI=1S/C19H31N4O3P.C15H22BrN4O3P.C15H22ClN4O3P.C15H22FN4O3P.C15H22IN4O3P/c1-5-6-7-14-22-15-12(20)8-10-21-18(15)23(14)19-17(25)16(24)13(26-19)9-11-27(2,3)4;4*1-24(2,3)7-5-9-11(21)12(22)14(23-9)20-13-10(19-15(20)16)8(17)4-6-18-13/h8,10,13,16-17,19,24-25H,2,5-7,9,11H2,1,3-4H3,(H2,20,21);4*4,6,9,11-12,14,21-22H,1,5,7H2,2-3H3,(H2,17,18)/t13-,16-,17-,19-;4*9-,11-,12-,14-/m11111/s1. The van der Waals surface area contributed by atoms with Crippen molar-refractivity contribution in [2.24, 2.45) is 0 Å². The first kappa shape index (κ1) is 98.0. The lowest BCUT2D eigenvalue weighted by Gasteiger charge is -2.20. The number of fused-ring (bicyclic) bond motifs is 5. The first-order valence-electron chi connectivity index (χ1n) is 40.2. The Balaban J connectivity index is 0.000000150. The summed E-state index contributed by atoms with van der Waals surface area (Å²) in [5.41, 5.74) is 36.5. The van der Waals surface area contributed by atoms with Crippen molar-refractivity contribution >= 4 is 200 Å². The molecular formula is C79H119BrClFIN20O15P5. The molecule has 678 valence electrons. The predicted molar refractivity (Wildman–Crippen MR) is 510 cm³/mol. The van der Waals surface area contributed by atoms with Gasteiger partial charge in [-0.05, 0) is 194 Å². The van der Waals surface area contributed by atoms with E-state index in [1.165, 1.54) is 23.0 Å². The van der Waals surface area contributed by atoms with Crippen LogP contribution < -0.4 is 28.7 Å². The quantitative estimate of drug-likeness (QED) is 0.0223. The number of aliphatic hydroxyl groups is 10. The van der Waals surface area contributed by atoms with E-state index in [9.17, 15) is 55.5 Å². The Hall–Kier alpha value is -5.57. The Kier molecular flexibility index (Phi) is 31.7. The highest BCUT2D eigenvalue weighted by Gasteiger charge is 2.50. The highest BCUT2D eigenvalue weighted by Crippen LogP contribution is 2.47. The van der Waals surface area contributed by atoms with Crippen molar-refractivity contribution in [1.82, 2.24) is 72.7 Å². The number of nitrogens with two attached hydrogens (primary N) is 5. The topological polar surface area (TPSA) is 532 Å². The summed E-state index contributed by atoms with van der Waals surface area (Å²) in [6.07, 6.45) is 20.8. The summed E-state index contributed by atoms with van der Waals surface area (Å²) < 4.78 is 52.8. The summed E-state index contributed by atoms with van der Waals surface area (Å²) in [6, 6.07) is 8.20. The molecule has 10 aromatic heterocycles. The van der Waals surface area contributed by atoms with Crippen LogP contribution in [0.3, 0.4) is 0 Å². The molecule has 10 aromatic rings. The number of aryl methyl sites for hydroxylation is 1. The molecule has 0 saturated carbocycles. The van der Waals surface area contributed by atoms with E-state index < -0.39 is 163 Å². The number of aromatic nitrogens is 15. The van der Waals surface area contributed by atoms with Crippen LogP contribution in [-0.2, 0) is 30.1 Å². The SMILES string of the molecule is C=P(C)(C)CC[C@H]1O[C@@H](n2c(Br)nc3c(N)ccnc32)[C@H](O)[C@@H]1O.C=P(C)(C)CC[C@H]1O[C@@H](n2c(CCCC)nc3c(N)ccnc32)[C@H](O)[C@@H]1O.C=P(C)(C)CC[C@H]1O[C@@H](n2c(Cl)nc3c(N)ccnc32)[C@H](O)[C@@H]1O.C=P(C)(C)CC[C@H]1O[C@@H](n2c(F)nc3c(N)ccnc32)[C@H](O)[C@@H]1O.C=P(C)(C)CC[C@H]1O[C@@H](n2c(I)nc3c(N)ccnc32)[C@H](O)[C@@H]1O. The Labute approximate surface area is 741 Å². The summed E-state index contributed by atoms with van der Waals surface area (Å²) in [5, 5.41) is 104. The van der Waals surface area contributed by atoms with E-state index in [0.717, 1.165) is 60.5 Å². The smallest absolute Gasteiger partial charge is 0.293 e. The van der Waals surface area contributed by atoms with Crippen LogP contribution in [0.4, 0.5) is 32.8 Å². The molecule has 5 aliphatic rings. The third kappa shape index (κ3) is 22.8. The molecule has 0 amide bonds. The number of pyridine rings is 5. The number of aliphatic hydroxyl groups excluding tert-OH is 10. The van der Waals surface area contributed by atoms with Crippen molar-refractivity contribution in [1.29, 1.82) is 0 Å². The lowest BCUT2D eigenvalue weighted by molar-refractivity contribution is -0.0413. The molecule has 0 bridgehead atoms. The Morgan fingerprint density at radius 2 is 0.650 bits per heavy atom. The number of rotatable bonds is 23. The molecule has 15 heterocycles. The van der Waals surface area contributed by atoms with Gasteiger partial charge in [0.25, 0.3) is 6.08 Å². The van der Waals surface area contributed by atoms with E-state index in [1.54, 1.807) is 52.0 Å². The maximum atomic E-state index is 14.3. The third-order valence-corrected chi connectivity index (χ3v) is 30.7. The van der Waals surface area contributed by atoms with Gasteiger partial charge in [-0.3, -0.25) is 22.8 Å². The molecule has 35 nitrogen and oxygen atoms in total. The van der Waals surface area contributed by atoms with E-state index in [0.29, 0.717) is 108 Å². The molecule has 5 saturated heterocycles. The Morgan fingerprint density at radius 1 is 0.390 bits per heavy atom. The van der Waals surface area contributed by atoms with Crippen molar-refractivity contribution in [2.45, 2.75) is 181 Å². The van der Waals surface area contributed by atoms with Crippen LogP contribution in [0.15, 0.2) is 66.0 Å². The van der Waals surface area contributed by atoms with Gasteiger partial charge in [0, 0.05) is 60.0 Å². The minimum atomic E-state index is -1.29. The van der Waals surface area contributed by atoms with Crippen LogP contribution in [0.2, 0.25) is 5.28 Å². The number of unbranched alkanes of at least 4 members (excludes halogenated alkanes) is 1. The van der Waals surface area contributed by atoms with Gasteiger partial charge in [-0.25, -0.2) is 44.9 Å². The van der Waals surface area contributed by atoms with Gasteiger partial charge >= 0.3 is 0 Å². The van der Waals surface area contributed by atoms with Gasteiger partial charge in [0.15, 0.2) is 67.9 Å². The van der Waals surface area contributed by atoms with Crippen LogP contribution in [0.25, 0.3) is 55.8 Å². The number of hydrogen-bond acceptors (Lipinski definition) is 30. The van der Waals surface area contributed by atoms with E-state index in [2.05, 4.69) is 193 Å². The average Bonchev–Trinajstić information content (AvgIpc) is 1.69. The zero-order valence-corrected chi connectivity index (χ0v) is 79.9. The number of ether oxygens (including phenoxy) is 5. The molecular weight excluding hydrogens is 1890 g/mol. The van der Waals surface area contributed by atoms with Gasteiger partial charge in [0.05, 0.1) is 59.0 Å². The molecule has 0 unspecified atom stereocenters. The molecule has 0 radical (unpaired) electrons. The second kappa shape index (κ2) is 39.8. The number of imidazole rings is 5. The summed E-state index contributed by atoms with van der Waals surface area (Å²) in [4.78, 5) is 42.7. The van der Waals surface area contributed by atoms with Crippen molar-refractivity contribution < 1.29 is 79.1 Å². The van der Waals surface area contributed by atoms with Crippen molar-refractivity contribution in [3.05, 3.63) is 87.1 Å². The van der Waals surface area contributed by atoms with Crippen LogP contribution in [0.5, 0.6) is 0 Å². The molecule has 15 rings (SSSR count). The molecule has 123 heavy (non-hydrogen) atoms. The number of nitrogen functional groups attached to an aromatic ring is 5. The van der Waals surface area contributed by atoms with E-state index >= 15 is 0 Å². The molecule has 0 aliphatic carbocycles. The van der Waals surface area contributed by atoms with Gasteiger partial charge in [-0.1, -0.05) is 13.3 Å². The minimum Gasteiger partial charge on any atom is -0.397 e. The largest absolute Gasteiger partial charge is 0.397 e. The fraction of sp³-hybridized carbons (Fsp3) is 0.557. The van der Waals surface area contributed by atoms with Crippen molar-refractivity contribution in [2.75, 3.05) is 126 Å². The fourth-order valence-electron chi connectivity index (χ4n) is 14.9. The second-order valence-electron chi connectivity index (χ2n) is 35.3. The molecule has 20 atom stereocenters. The van der Waals surface area contributed by atoms with E-state index in [-0.39, 0.29) is 22.1 Å². The summed E-state index contributed by atoms with van der Waals surface area (Å²) in [5.74, 6) is 0.777.